The van der Waals surface area contributed by atoms with Crippen LogP contribution in [-0.4, -0.2) is 117 Å². The zero-order valence-corrected chi connectivity index (χ0v) is 23.9. The summed E-state index contributed by atoms with van der Waals surface area (Å²) in [5, 5.41) is 0. The summed E-state index contributed by atoms with van der Waals surface area (Å²) in [7, 11) is 0. The first-order valence-corrected chi connectivity index (χ1v) is 14.7. The summed E-state index contributed by atoms with van der Waals surface area (Å²) in [6, 6.07) is 0. The third kappa shape index (κ3) is 34.3. The SMILES string of the molecule is ClCCCCCCOCCOCCOCCOCCOCCOCCOCCOCCCCCCCl. The summed E-state index contributed by atoms with van der Waals surface area (Å²) in [5.41, 5.74) is 0. The molecule has 0 unspecified atom stereocenters. The van der Waals surface area contributed by atoms with Gasteiger partial charge in [-0.25, -0.2) is 0 Å². The van der Waals surface area contributed by atoms with Crippen LogP contribution in [0.15, 0.2) is 0 Å². The van der Waals surface area contributed by atoms with Gasteiger partial charge in [0.05, 0.1) is 92.5 Å². The zero-order chi connectivity index (χ0) is 26.0. The van der Waals surface area contributed by atoms with E-state index in [2.05, 4.69) is 0 Å². The summed E-state index contributed by atoms with van der Waals surface area (Å²) < 4.78 is 43.8. The second-order valence-corrected chi connectivity index (χ2v) is 8.86. The van der Waals surface area contributed by atoms with Gasteiger partial charge in [-0.2, -0.15) is 0 Å². The van der Waals surface area contributed by atoms with Gasteiger partial charge in [-0.3, -0.25) is 0 Å². The van der Waals surface area contributed by atoms with E-state index in [9.17, 15) is 0 Å². The van der Waals surface area contributed by atoms with Gasteiger partial charge in [-0.1, -0.05) is 25.7 Å². The van der Waals surface area contributed by atoms with Crippen LogP contribution in [0.25, 0.3) is 0 Å². The zero-order valence-electron chi connectivity index (χ0n) is 22.4. The molecule has 0 aromatic heterocycles. The van der Waals surface area contributed by atoms with Gasteiger partial charge in [0, 0.05) is 25.0 Å². The Hall–Kier alpha value is 0.260. The molecule has 8 nitrogen and oxygen atoms in total. The van der Waals surface area contributed by atoms with Crippen LogP contribution in [-0.2, 0) is 37.9 Å². The highest BCUT2D eigenvalue weighted by atomic mass is 35.5. The van der Waals surface area contributed by atoms with E-state index in [1.165, 1.54) is 25.7 Å². The summed E-state index contributed by atoms with van der Waals surface area (Å²) in [6.07, 6.45) is 9.05. The number of hydrogen-bond donors (Lipinski definition) is 0. The maximum atomic E-state index is 5.64. The molecule has 0 amide bonds. The average molecular weight is 564 g/mol. The Morgan fingerprint density at radius 2 is 0.417 bits per heavy atom. The van der Waals surface area contributed by atoms with Gasteiger partial charge in [0.15, 0.2) is 0 Å². The third-order valence-electron chi connectivity index (χ3n) is 4.95. The van der Waals surface area contributed by atoms with Crippen molar-refractivity contribution in [1.29, 1.82) is 0 Å². The lowest BCUT2D eigenvalue weighted by atomic mass is 10.2. The minimum Gasteiger partial charge on any atom is -0.379 e. The fourth-order valence-corrected chi connectivity index (χ4v) is 3.32. The van der Waals surface area contributed by atoms with E-state index in [4.69, 9.17) is 61.1 Å². The Morgan fingerprint density at radius 1 is 0.222 bits per heavy atom. The van der Waals surface area contributed by atoms with E-state index < -0.39 is 0 Å². The first kappa shape index (κ1) is 36.3. The van der Waals surface area contributed by atoms with Gasteiger partial charge in [0.2, 0.25) is 0 Å². The lowest BCUT2D eigenvalue weighted by Crippen LogP contribution is -2.15. The van der Waals surface area contributed by atoms with Crippen LogP contribution in [0.2, 0.25) is 0 Å². The van der Waals surface area contributed by atoms with Crippen molar-refractivity contribution in [3.8, 4) is 0 Å². The normalized spacial score (nSPS) is 11.5. The molecule has 0 saturated carbocycles. The number of halogens is 2. The molecule has 0 aliphatic rings. The minimum atomic E-state index is 0.541. The van der Waals surface area contributed by atoms with Crippen molar-refractivity contribution in [3.63, 3.8) is 0 Å². The van der Waals surface area contributed by atoms with E-state index in [1.54, 1.807) is 0 Å². The van der Waals surface area contributed by atoms with E-state index in [1.807, 2.05) is 0 Å². The molecule has 0 aromatic carbocycles. The summed E-state index contributed by atoms with van der Waals surface area (Å²) in [6.45, 7) is 9.54. The van der Waals surface area contributed by atoms with Crippen LogP contribution >= 0.6 is 23.2 Å². The van der Waals surface area contributed by atoms with Crippen LogP contribution < -0.4 is 0 Å². The highest BCUT2D eigenvalue weighted by Crippen LogP contribution is 2.02. The Bertz CT molecular complexity index is 350. The van der Waals surface area contributed by atoms with Crippen molar-refractivity contribution >= 4 is 23.2 Å². The molecule has 0 spiro atoms. The molecule has 0 aromatic rings. The second kappa shape index (κ2) is 35.3. The molecule has 0 aliphatic heterocycles. The number of rotatable bonds is 33. The van der Waals surface area contributed by atoms with E-state index in [0.29, 0.717) is 92.5 Å². The van der Waals surface area contributed by atoms with Gasteiger partial charge < -0.3 is 37.9 Å². The van der Waals surface area contributed by atoms with Crippen LogP contribution in [0.5, 0.6) is 0 Å². The van der Waals surface area contributed by atoms with Crippen LogP contribution in [0.3, 0.4) is 0 Å². The Morgan fingerprint density at radius 3 is 0.639 bits per heavy atom. The molecular formula is C26H52Cl2O8. The summed E-state index contributed by atoms with van der Waals surface area (Å²) in [4.78, 5) is 0. The molecule has 0 fully saturated rings. The molecule has 0 bridgehead atoms. The first-order valence-electron chi connectivity index (χ1n) is 13.7. The van der Waals surface area contributed by atoms with Crippen molar-refractivity contribution in [2.45, 2.75) is 51.4 Å². The molecule has 0 rings (SSSR count). The lowest BCUT2D eigenvalue weighted by Gasteiger charge is -2.08. The molecule has 218 valence electrons. The predicted molar refractivity (Wildman–Crippen MR) is 145 cm³/mol. The Balaban J connectivity index is 3.00. The number of hydrogen-bond acceptors (Lipinski definition) is 8. The molecule has 0 heterocycles. The van der Waals surface area contributed by atoms with Crippen molar-refractivity contribution in [1.82, 2.24) is 0 Å². The quantitative estimate of drug-likeness (QED) is 0.0840. The minimum absolute atomic E-state index is 0.541. The van der Waals surface area contributed by atoms with Crippen LogP contribution in [0.1, 0.15) is 51.4 Å². The van der Waals surface area contributed by atoms with E-state index >= 15 is 0 Å². The Kier molecular flexibility index (Phi) is 35.5. The van der Waals surface area contributed by atoms with Crippen molar-refractivity contribution in [3.05, 3.63) is 0 Å². The summed E-state index contributed by atoms with van der Waals surface area (Å²) >= 11 is 11.3. The first-order chi connectivity index (χ1) is 17.9. The van der Waals surface area contributed by atoms with Crippen molar-refractivity contribution < 1.29 is 37.9 Å². The topological polar surface area (TPSA) is 73.8 Å². The maximum Gasteiger partial charge on any atom is 0.0701 e. The van der Waals surface area contributed by atoms with Gasteiger partial charge in [0.25, 0.3) is 0 Å². The molecule has 0 aliphatic carbocycles. The third-order valence-corrected chi connectivity index (χ3v) is 5.48. The molecule has 0 atom stereocenters. The van der Waals surface area contributed by atoms with Crippen LogP contribution in [0, 0.1) is 0 Å². The molecule has 36 heavy (non-hydrogen) atoms. The average Bonchev–Trinajstić information content (AvgIpc) is 2.89. The smallest absolute Gasteiger partial charge is 0.0701 e. The van der Waals surface area contributed by atoms with Crippen LogP contribution in [0.4, 0.5) is 0 Å². The predicted octanol–water partition coefficient (Wildman–Crippen LogP) is 4.72. The maximum absolute atomic E-state index is 5.64. The van der Waals surface area contributed by atoms with E-state index in [-0.39, 0.29) is 0 Å². The highest BCUT2D eigenvalue weighted by Gasteiger charge is 1.96. The highest BCUT2D eigenvalue weighted by molar-refractivity contribution is 6.18. The largest absolute Gasteiger partial charge is 0.379 e. The number of alkyl halides is 2. The fraction of sp³-hybridized carbons (Fsp3) is 1.00. The van der Waals surface area contributed by atoms with Crippen molar-refractivity contribution in [2.75, 3.05) is 117 Å². The van der Waals surface area contributed by atoms with Gasteiger partial charge in [0.1, 0.15) is 0 Å². The lowest BCUT2D eigenvalue weighted by molar-refractivity contribution is -0.0232. The van der Waals surface area contributed by atoms with E-state index in [0.717, 1.165) is 50.7 Å². The molecule has 10 heteroatoms. The van der Waals surface area contributed by atoms with Gasteiger partial charge in [-0.15, -0.1) is 23.2 Å². The molecule has 0 radical (unpaired) electrons. The summed E-state index contributed by atoms with van der Waals surface area (Å²) in [5.74, 6) is 1.50. The van der Waals surface area contributed by atoms with Crippen molar-refractivity contribution in [2.24, 2.45) is 0 Å². The standard InChI is InChI=1S/C26H52Cl2O8/c27-9-5-1-3-7-11-29-13-15-31-17-19-33-21-23-35-25-26-36-24-22-34-20-18-32-16-14-30-12-8-4-2-6-10-28/h1-26H2. The Labute approximate surface area is 229 Å². The molecular weight excluding hydrogens is 511 g/mol. The monoisotopic (exact) mass is 562 g/mol. The van der Waals surface area contributed by atoms with Gasteiger partial charge in [-0.05, 0) is 25.7 Å². The molecule has 0 N–H and O–H groups in total. The second-order valence-electron chi connectivity index (χ2n) is 8.11. The van der Waals surface area contributed by atoms with Gasteiger partial charge >= 0.3 is 0 Å². The fourth-order valence-electron chi connectivity index (χ4n) is 2.95. The number of ether oxygens (including phenoxy) is 8. The number of unbranched alkanes of at least 4 members (excludes halogenated alkanes) is 6. The molecule has 0 saturated heterocycles.